The fraction of sp³-hybridized carbons (Fsp3) is 0.222. The molecule has 2 rings (SSSR count). The fourth-order valence-corrected chi connectivity index (χ4v) is 1.31. The Morgan fingerprint density at radius 2 is 2.25 bits per heavy atom. The van der Waals surface area contributed by atoms with E-state index in [1.165, 1.54) is 6.07 Å². The Morgan fingerprint density at radius 1 is 1.50 bits per heavy atom. The van der Waals surface area contributed by atoms with Gasteiger partial charge in [0.25, 0.3) is 0 Å². The van der Waals surface area contributed by atoms with E-state index in [0.29, 0.717) is 5.75 Å². The third-order valence-electron chi connectivity index (χ3n) is 2.05. The van der Waals surface area contributed by atoms with Gasteiger partial charge in [-0.05, 0) is 13.0 Å². The minimum absolute atomic E-state index is 0.0326. The summed E-state index contributed by atoms with van der Waals surface area (Å²) in [7, 11) is 0. The third kappa shape index (κ3) is 0.794. The van der Waals surface area contributed by atoms with Crippen molar-refractivity contribution in [2.75, 3.05) is 0 Å². The minimum Gasteiger partial charge on any atom is -0.504 e. The molecule has 1 N–H and O–H groups in total. The molecule has 1 aliphatic rings. The topological polar surface area (TPSA) is 46.5 Å². The first-order chi connectivity index (χ1) is 5.70. The van der Waals surface area contributed by atoms with Crippen LogP contribution in [0.1, 0.15) is 18.4 Å². The molecule has 0 bridgehead atoms. The van der Waals surface area contributed by atoms with E-state index in [4.69, 9.17) is 4.74 Å². The highest BCUT2D eigenvalue weighted by atomic mass is 16.5. The average molecular weight is 164 g/mol. The first-order valence-electron chi connectivity index (χ1n) is 3.73. The monoisotopic (exact) mass is 164 g/mol. The van der Waals surface area contributed by atoms with Crippen LogP contribution in [0.15, 0.2) is 18.2 Å². The first kappa shape index (κ1) is 7.16. The summed E-state index contributed by atoms with van der Waals surface area (Å²) in [6, 6.07) is 4.99. The highest BCUT2D eigenvalue weighted by Gasteiger charge is 2.30. The van der Waals surface area contributed by atoms with Gasteiger partial charge in [-0.2, -0.15) is 0 Å². The van der Waals surface area contributed by atoms with Crippen LogP contribution in [0.4, 0.5) is 0 Å². The molecule has 0 saturated heterocycles. The number of ether oxygens (including phenoxy) is 1. The number of hydrogen-bond donors (Lipinski definition) is 1. The molecule has 3 nitrogen and oxygen atoms in total. The molecular weight excluding hydrogens is 156 g/mol. The number of fused-ring (bicyclic) bond motifs is 1. The molecule has 0 spiro atoms. The van der Waals surface area contributed by atoms with Gasteiger partial charge in [0.15, 0.2) is 11.5 Å². The van der Waals surface area contributed by atoms with Crippen LogP contribution in [0.5, 0.6) is 11.5 Å². The lowest BCUT2D eigenvalue weighted by molar-refractivity contribution is -0.133. The largest absolute Gasteiger partial charge is 0.504 e. The van der Waals surface area contributed by atoms with Crippen LogP contribution in [0.2, 0.25) is 0 Å². The van der Waals surface area contributed by atoms with Crippen molar-refractivity contribution in [2.45, 2.75) is 12.8 Å². The summed E-state index contributed by atoms with van der Waals surface area (Å²) in [6.07, 6.45) is 0. The molecule has 0 unspecified atom stereocenters. The number of esters is 1. The molecule has 3 heteroatoms. The van der Waals surface area contributed by atoms with Gasteiger partial charge in [0.1, 0.15) is 0 Å². The van der Waals surface area contributed by atoms with Crippen LogP contribution in [-0.4, -0.2) is 11.1 Å². The van der Waals surface area contributed by atoms with Crippen LogP contribution in [0.25, 0.3) is 0 Å². The van der Waals surface area contributed by atoms with E-state index < -0.39 is 0 Å². The summed E-state index contributed by atoms with van der Waals surface area (Å²) in [5.41, 5.74) is 0.764. The summed E-state index contributed by atoms with van der Waals surface area (Å²) in [5.74, 6) is -0.209. The molecular formula is C9H8O3. The maximum absolute atomic E-state index is 11.0. The van der Waals surface area contributed by atoms with Gasteiger partial charge in [0.05, 0.1) is 5.92 Å². The summed E-state index contributed by atoms with van der Waals surface area (Å²) in [6.45, 7) is 1.76. The Kier molecular flexibility index (Phi) is 1.33. The highest BCUT2D eigenvalue weighted by Crippen LogP contribution is 2.40. The fourth-order valence-electron chi connectivity index (χ4n) is 1.31. The van der Waals surface area contributed by atoms with E-state index in [1.54, 1.807) is 19.1 Å². The van der Waals surface area contributed by atoms with Crippen molar-refractivity contribution in [3.05, 3.63) is 23.8 Å². The number of phenolic OH excluding ortho intramolecular Hbond substituents is 1. The second-order valence-electron chi connectivity index (χ2n) is 2.84. The van der Waals surface area contributed by atoms with Gasteiger partial charge in [-0.25, -0.2) is 0 Å². The molecule has 12 heavy (non-hydrogen) atoms. The van der Waals surface area contributed by atoms with Crippen LogP contribution in [-0.2, 0) is 4.79 Å². The molecule has 0 saturated carbocycles. The quantitative estimate of drug-likeness (QED) is 0.466. The van der Waals surface area contributed by atoms with Crippen molar-refractivity contribution < 1.29 is 14.6 Å². The van der Waals surface area contributed by atoms with Gasteiger partial charge in [-0.1, -0.05) is 12.1 Å². The zero-order chi connectivity index (χ0) is 8.72. The summed E-state index contributed by atoms with van der Waals surface area (Å²) < 4.78 is 4.86. The normalized spacial score (nSPS) is 20.4. The second kappa shape index (κ2) is 2.24. The van der Waals surface area contributed by atoms with Gasteiger partial charge in [0, 0.05) is 5.56 Å². The molecule has 62 valence electrons. The summed E-state index contributed by atoms with van der Waals surface area (Å²) in [4.78, 5) is 11.0. The Balaban J connectivity index is 2.60. The molecule has 1 atom stereocenters. The minimum atomic E-state index is -0.300. The molecule has 0 fully saturated rings. The predicted molar refractivity (Wildman–Crippen MR) is 42.2 cm³/mol. The number of aromatic hydroxyl groups is 1. The Morgan fingerprint density at radius 3 is 2.92 bits per heavy atom. The standard InChI is InChI=1S/C9H8O3/c1-5-6-3-2-4-7(10)8(6)12-9(5)11/h2-5,10H,1H3/t5-/m1/s1. The maximum Gasteiger partial charge on any atom is 0.318 e. The average Bonchev–Trinajstić information content (AvgIpc) is 2.32. The smallest absolute Gasteiger partial charge is 0.318 e. The molecule has 0 aliphatic carbocycles. The van der Waals surface area contributed by atoms with Gasteiger partial charge < -0.3 is 9.84 Å². The van der Waals surface area contributed by atoms with Crippen LogP contribution < -0.4 is 4.74 Å². The van der Waals surface area contributed by atoms with E-state index in [2.05, 4.69) is 0 Å². The Hall–Kier alpha value is -1.51. The molecule has 1 aromatic rings. The Labute approximate surface area is 69.6 Å². The van der Waals surface area contributed by atoms with Crippen molar-refractivity contribution in [3.8, 4) is 11.5 Å². The van der Waals surface area contributed by atoms with E-state index in [-0.39, 0.29) is 17.6 Å². The highest BCUT2D eigenvalue weighted by molar-refractivity contribution is 5.86. The van der Waals surface area contributed by atoms with Crippen LogP contribution >= 0.6 is 0 Å². The number of carbonyl (C=O) groups is 1. The van der Waals surface area contributed by atoms with Crippen molar-refractivity contribution in [3.63, 3.8) is 0 Å². The number of para-hydroxylation sites is 1. The van der Waals surface area contributed by atoms with Crippen molar-refractivity contribution >= 4 is 5.97 Å². The lowest BCUT2D eigenvalue weighted by Gasteiger charge is -1.98. The van der Waals surface area contributed by atoms with E-state index in [1.807, 2.05) is 0 Å². The van der Waals surface area contributed by atoms with Gasteiger partial charge in [-0.3, -0.25) is 4.79 Å². The second-order valence-corrected chi connectivity index (χ2v) is 2.84. The summed E-state index contributed by atoms with van der Waals surface area (Å²) in [5, 5.41) is 9.29. The van der Waals surface area contributed by atoms with E-state index in [0.717, 1.165) is 5.56 Å². The predicted octanol–water partition coefficient (Wildman–Crippen LogP) is 1.41. The summed E-state index contributed by atoms with van der Waals surface area (Å²) >= 11 is 0. The third-order valence-corrected chi connectivity index (χ3v) is 2.05. The number of carbonyl (C=O) groups excluding carboxylic acids is 1. The number of hydrogen-bond acceptors (Lipinski definition) is 3. The number of phenols is 1. The molecule has 1 heterocycles. The van der Waals surface area contributed by atoms with Gasteiger partial charge in [0.2, 0.25) is 0 Å². The van der Waals surface area contributed by atoms with Crippen molar-refractivity contribution in [1.82, 2.24) is 0 Å². The zero-order valence-electron chi connectivity index (χ0n) is 6.57. The van der Waals surface area contributed by atoms with E-state index >= 15 is 0 Å². The number of benzene rings is 1. The van der Waals surface area contributed by atoms with Crippen LogP contribution in [0, 0.1) is 0 Å². The number of rotatable bonds is 0. The van der Waals surface area contributed by atoms with Gasteiger partial charge in [-0.15, -0.1) is 0 Å². The lowest BCUT2D eigenvalue weighted by Crippen LogP contribution is -2.05. The SMILES string of the molecule is C[C@H]1C(=O)Oc2c(O)cccc21. The molecule has 1 aliphatic heterocycles. The van der Waals surface area contributed by atoms with Crippen molar-refractivity contribution in [2.24, 2.45) is 0 Å². The molecule has 0 radical (unpaired) electrons. The molecule has 1 aromatic carbocycles. The zero-order valence-corrected chi connectivity index (χ0v) is 6.57. The van der Waals surface area contributed by atoms with Crippen molar-refractivity contribution in [1.29, 1.82) is 0 Å². The van der Waals surface area contributed by atoms with Crippen LogP contribution in [0.3, 0.4) is 0 Å². The van der Waals surface area contributed by atoms with E-state index in [9.17, 15) is 9.90 Å². The molecule has 0 amide bonds. The Bertz CT molecular complexity index is 344. The maximum atomic E-state index is 11.0. The lowest BCUT2D eigenvalue weighted by atomic mass is 10.0. The first-order valence-corrected chi connectivity index (χ1v) is 3.73. The van der Waals surface area contributed by atoms with Gasteiger partial charge >= 0.3 is 5.97 Å². The molecule has 0 aromatic heterocycles.